The summed E-state index contributed by atoms with van der Waals surface area (Å²) in [5, 5.41) is 43.0. The molecule has 332 valence electrons. The Morgan fingerprint density at radius 1 is 0.729 bits per heavy atom. The van der Waals surface area contributed by atoms with Crippen molar-refractivity contribution in [2.45, 2.75) is 114 Å². The van der Waals surface area contributed by atoms with E-state index in [9.17, 15) is 63.3 Å². The maximum Gasteiger partial charge on any atom is 0.327 e. The summed E-state index contributed by atoms with van der Waals surface area (Å²) < 4.78 is 0. The molecule has 0 aromatic heterocycles. The first-order valence-electron chi connectivity index (χ1n) is 19.2. The molecule has 8 amide bonds. The Kier molecular flexibility index (Phi) is 20.9. The van der Waals surface area contributed by atoms with Crippen molar-refractivity contribution in [2.24, 2.45) is 11.7 Å². The van der Waals surface area contributed by atoms with Gasteiger partial charge in [-0.05, 0) is 44.9 Å². The number of carboxylic acid groups (broad SMARTS) is 2. The quantitative estimate of drug-likeness (QED) is 0.0433. The van der Waals surface area contributed by atoms with Gasteiger partial charge in [0.2, 0.25) is 47.3 Å². The molecule has 11 N–H and O–H groups in total. The molecule has 0 spiro atoms. The number of aliphatic hydroxyl groups is 1. The van der Waals surface area contributed by atoms with Gasteiger partial charge in [-0.1, -0.05) is 20.3 Å². The van der Waals surface area contributed by atoms with Crippen molar-refractivity contribution in [1.29, 1.82) is 0 Å². The Morgan fingerprint density at radius 2 is 1.34 bits per heavy atom. The molecular weight excluding hydrogens is 819 g/mol. The van der Waals surface area contributed by atoms with E-state index in [1.165, 1.54) is 11.8 Å². The molecule has 2 fully saturated rings. The number of rotatable bonds is 23. The van der Waals surface area contributed by atoms with Gasteiger partial charge in [-0.2, -0.15) is 25.3 Å². The van der Waals surface area contributed by atoms with Crippen LogP contribution in [0.2, 0.25) is 0 Å². The smallest absolute Gasteiger partial charge is 0.327 e. The van der Waals surface area contributed by atoms with Crippen LogP contribution < -0.4 is 37.6 Å². The van der Waals surface area contributed by atoms with Crippen molar-refractivity contribution in [3.63, 3.8) is 0 Å². The maximum absolute atomic E-state index is 13.7. The molecule has 22 nitrogen and oxygen atoms in total. The molecule has 59 heavy (non-hydrogen) atoms. The second kappa shape index (κ2) is 24.4. The summed E-state index contributed by atoms with van der Waals surface area (Å²) in [7, 11) is 0. The zero-order valence-electron chi connectivity index (χ0n) is 33.2. The second-order valence-corrected chi connectivity index (χ2v) is 15.1. The number of nitrogens with one attached hydrogen (secondary N) is 6. The van der Waals surface area contributed by atoms with Crippen LogP contribution >= 0.6 is 25.3 Å². The highest BCUT2D eigenvalue weighted by Crippen LogP contribution is 2.21. The number of nitrogens with zero attached hydrogens (tertiary/aromatic N) is 2. The SMILES string of the molecule is CCC(C)C(NC(=O)C1CCCN1C(=O)CNC(=O)C1CCCN1C(=O)C(CCC(=O)O)NC(=O)CNC(=O)C(NC(=O)C(N)CS)C(C)O)C(=O)NC(CS)C(=O)O. The van der Waals surface area contributed by atoms with E-state index in [2.05, 4.69) is 57.2 Å². The van der Waals surface area contributed by atoms with Crippen LogP contribution in [0.1, 0.15) is 65.7 Å². The first kappa shape index (κ1) is 50.5. The van der Waals surface area contributed by atoms with E-state index < -0.39 is 133 Å². The predicted molar refractivity (Wildman–Crippen MR) is 215 cm³/mol. The van der Waals surface area contributed by atoms with Crippen molar-refractivity contribution in [2.75, 3.05) is 37.7 Å². The minimum atomic E-state index is -1.49. The summed E-state index contributed by atoms with van der Waals surface area (Å²) in [6.07, 6.45) is -0.617. The number of amides is 8. The fourth-order valence-corrected chi connectivity index (χ4v) is 6.83. The molecule has 0 bridgehead atoms. The summed E-state index contributed by atoms with van der Waals surface area (Å²) >= 11 is 7.87. The van der Waals surface area contributed by atoms with Crippen LogP contribution in [-0.4, -0.2) is 170 Å². The normalized spacial score (nSPS) is 19.8. The lowest BCUT2D eigenvalue weighted by molar-refractivity contribution is -0.144. The summed E-state index contributed by atoms with van der Waals surface area (Å²) in [6, 6.07) is -8.49. The highest BCUT2D eigenvalue weighted by molar-refractivity contribution is 7.80. The van der Waals surface area contributed by atoms with Crippen LogP contribution in [0.3, 0.4) is 0 Å². The minimum absolute atomic E-state index is 0.0495. The zero-order chi connectivity index (χ0) is 44.6. The molecule has 2 saturated heterocycles. The molecule has 0 aliphatic carbocycles. The molecule has 2 rings (SSSR count). The zero-order valence-corrected chi connectivity index (χ0v) is 35.0. The lowest BCUT2D eigenvalue weighted by Gasteiger charge is -2.30. The Labute approximate surface area is 352 Å². The van der Waals surface area contributed by atoms with Gasteiger partial charge in [0.1, 0.15) is 36.3 Å². The van der Waals surface area contributed by atoms with Crippen LogP contribution in [0.5, 0.6) is 0 Å². The molecule has 24 heteroatoms. The fraction of sp³-hybridized carbons (Fsp3) is 0.714. The van der Waals surface area contributed by atoms with Gasteiger partial charge in [0.25, 0.3) is 0 Å². The van der Waals surface area contributed by atoms with Gasteiger partial charge in [0, 0.05) is 31.0 Å². The molecule has 2 aliphatic rings. The first-order chi connectivity index (χ1) is 27.8. The largest absolute Gasteiger partial charge is 0.481 e. The molecule has 0 saturated carbocycles. The number of aliphatic hydroxyl groups excluding tert-OH is 1. The maximum atomic E-state index is 13.7. The molecule has 2 heterocycles. The minimum Gasteiger partial charge on any atom is -0.481 e. The number of hydrogen-bond acceptors (Lipinski definition) is 14. The topological polar surface area (TPSA) is 336 Å². The van der Waals surface area contributed by atoms with Crippen LogP contribution in [-0.2, 0) is 47.9 Å². The van der Waals surface area contributed by atoms with Crippen molar-refractivity contribution >= 4 is 84.5 Å². The number of aliphatic carboxylic acids is 2. The predicted octanol–water partition coefficient (Wildman–Crippen LogP) is -4.30. The van der Waals surface area contributed by atoms with E-state index in [-0.39, 0.29) is 43.9 Å². The molecule has 0 aromatic carbocycles. The molecular formula is C35H57N9O13S2. The number of carboxylic acids is 2. The van der Waals surface area contributed by atoms with Crippen LogP contribution in [0, 0.1) is 5.92 Å². The summed E-state index contributed by atoms with van der Waals surface area (Å²) in [4.78, 5) is 130. The van der Waals surface area contributed by atoms with Crippen LogP contribution in [0.4, 0.5) is 0 Å². The molecule has 0 aromatic rings. The van der Waals surface area contributed by atoms with Gasteiger partial charge in [-0.3, -0.25) is 43.2 Å². The molecule has 9 atom stereocenters. The van der Waals surface area contributed by atoms with Gasteiger partial charge in [-0.15, -0.1) is 0 Å². The van der Waals surface area contributed by atoms with Crippen molar-refractivity contribution in [3.05, 3.63) is 0 Å². The number of carbonyl (C=O) groups is 10. The second-order valence-electron chi connectivity index (χ2n) is 14.4. The third-order valence-electron chi connectivity index (χ3n) is 10.0. The van der Waals surface area contributed by atoms with E-state index >= 15 is 0 Å². The van der Waals surface area contributed by atoms with E-state index in [1.54, 1.807) is 13.8 Å². The van der Waals surface area contributed by atoms with E-state index in [1.807, 2.05) is 0 Å². The highest BCUT2D eigenvalue weighted by Gasteiger charge is 2.40. The van der Waals surface area contributed by atoms with E-state index in [0.717, 1.165) is 4.90 Å². The lowest BCUT2D eigenvalue weighted by atomic mass is 9.97. The van der Waals surface area contributed by atoms with Crippen LogP contribution in [0.15, 0.2) is 0 Å². The van der Waals surface area contributed by atoms with Gasteiger partial charge < -0.3 is 62.8 Å². The highest BCUT2D eigenvalue weighted by atomic mass is 32.1. The molecule has 2 aliphatic heterocycles. The monoisotopic (exact) mass is 875 g/mol. The Bertz CT molecular complexity index is 1570. The number of thiol groups is 2. The molecule has 9 unspecified atom stereocenters. The van der Waals surface area contributed by atoms with Gasteiger partial charge in [-0.25, -0.2) is 4.79 Å². The Morgan fingerprint density at radius 3 is 1.88 bits per heavy atom. The number of hydrogen-bond donors (Lipinski definition) is 12. The third kappa shape index (κ3) is 15.1. The lowest BCUT2D eigenvalue weighted by Crippen LogP contribution is -2.58. The summed E-state index contributed by atoms with van der Waals surface area (Å²) in [6.45, 7) is 3.66. The summed E-state index contributed by atoms with van der Waals surface area (Å²) in [5.74, 6) is -9.32. The first-order valence-corrected chi connectivity index (χ1v) is 20.5. The van der Waals surface area contributed by atoms with Crippen LogP contribution in [0.25, 0.3) is 0 Å². The average molecular weight is 876 g/mol. The van der Waals surface area contributed by atoms with Gasteiger partial charge in [0.05, 0.1) is 25.2 Å². The Balaban J connectivity index is 2.07. The number of carbonyl (C=O) groups excluding carboxylic acids is 8. The standard InChI is InChI=1S/C35H57N9O13S2/c1-4-17(2)27(33(54)40-21(16-59)35(56)57)41-31(52)23-8-5-11-43(23)25(47)14-38-30(51)22-7-6-12-44(22)34(55)20(9-10-26(48)49)39-24(46)13-37-32(53)28(18(3)45)42-29(50)19(36)15-58/h17-23,27-28,45,58-59H,4-16,36H2,1-3H3,(H,37,53)(H,38,51)(H,39,46)(H,40,54)(H,41,52)(H,42,50)(H,48,49)(H,56,57). The average Bonchev–Trinajstić information content (AvgIpc) is 3.90. The van der Waals surface area contributed by atoms with Gasteiger partial charge in [0.15, 0.2) is 0 Å². The van der Waals surface area contributed by atoms with Crippen molar-refractivity contribution in [3.8, 4) is 0 Å². The fourth-order valence-electron chi connectivity index (χ4n) is 6.42. The van der Waals surface area contributed by atoms with Crippen molar-refractivity contribution < 1.29 is 63.3 Å². The molecule has 0 radical (unpaired) electrons. The third-order valence-corrected chi connectivity index (χ3v) is 10.8. The van der Waals surface area contributed by atoms with Crippen molar-refractivity contribution in [1.82, 2.24) is 41.7 Å². The van der Waals surface area contributed by atoms with E-state index in [0.29, 0.717) is 19.3 Å². The van der Waals surface area contributed by atoms with E-state index in [4.69, 9.17) is 5.73 Å². The number of nitrogens with two attached hydrogens (primary N) is 1. The van der Waals surface area contributed by atoms with Gasteiger partial charge >= 0.3 is 11.9 Å². The number of likely N-dealkylation sites (tertiary alicyclic amines) is 2. The summed E-state index contributed by atoms with van der Waals surface area (Å²) in [5.41, 5.74) is 5.60. The Hall–Kier alpha value is -4.68.